The molecule has 0 radical (unpaired) electrons. The summed E-state index contributed by atoms with van der Waals surface area (Å²) in [4.78, 5) is 2.70. The molecule has 0 amide bonds. The lowest BCUT2D eigenvalue weighted by atomic mass is 9.57. The highest BCUT2D eigenvalue weighted by atomic mass is 32.2. The molecule has 4 aromatic carbocycles. The minimum Gasteiger partial charge on any atom is -0.147 e. The van der Waals surface area contributed by atoms with Crippen LogP contribution in [0.5, 0.6) is 0 Å². The van der Waals surface area contributed by atoms with Crippen LogP contribution in [0.15, 0.2) is 132 Å². The highest BCUT2D eigenvalue weighted by Gasteiger charge is 2.69. The van der Waals surface area contributed by atoms with Crippen molar-refractivity contribution in [1.82, 2.24) is 0 Å². The van der Waals surface area contributed by atoms with E-state index in [4.69, 9.17) is 0 Å². The highest BCUT2D eigenvalue weighted by molar-refractivity contribution is 8.08. The molecule has 4 heteroatoms. The Morgan fingerprint density at radius 1 is 0.421 bits per heavy atom. The molecular weight excluding hydrogens is 537 g/mol. The first-order valence-corrected chi connectivity index (χ1v) is 17.5. The number of hydrogen-bond acceptors (Lipinski definition) is 4. The predicted octanol–water partition coefficient (Wildman–Crippen LogP) is 10.1. The third-order valence-electron chi connectivity index (χ3n) is 7.36. The SMILES string of the molecule is CS/C(=C1/C(=C(/SC)c2ccccc2)[C@](SC)(c2ccccc2)[C@@]1(SC)c1ccccc1)c1ccccc1. The predicted molar refractivity (Wildman–Crippen MR) is 177 cm³/mol. The van der Waals surface area contributed by atoms with Gasteiger partial charge in [-0.05, 0) is 58.4 Å². The van der Waals surface area contributed by atoms with Gasteiger partial charge in [-0.3, -0.25) is 0 Å². The van der Waals surface area contributed by atoms with Crippen molar-refractivity contribution in [3.63, 3.8) is 0 Å². The van der Waals surface area contributed by atoms with Gasteiger partial charge in [0, 0.05) is 9.81 Å². The van der Waals surface area contributed by atoms with Gasteiger partial charge in [-0.25, -0.2) is 0 Å². The molecule has 1 aliphatic carbocycles. The average molecular weight is 569 g/mol. The molecule has 1 aliphatic rings. The lowest BCUT2D eigenvalue weighted by Gasteiger charge is -2.63. The van der Waals surface area contributed by atoms with Crippen LogP contribution in [0, 0.1) is 0 Å². The molecule has 0 spiro atoms. The van der Waals surface area contributed by atoms with Crippen molar-refractivity contribution >= 4 is 56.9 Å². The Kier molecular flexibility index (Phi) is 8.54. The third kappa shape index (κ3) is 4.21. The first-order chi connectivity index (χ1) is 18.7. The molecule has 4 aromatic rings. The zero-order chi connectivity index (χ0) is 26.6. The van der Waals surface area contributed by atoms with Gasteiger partial charge in [-0.1, -0.05) is 121 Å². The van der Waals surface area contributed by atoms with E-state index in [0.717, 1.165) is 0 Å². The molecule has 0 nitrogen and oxygen atoms in total. The lowest BCUT2D eigenvalue weighted by molar-refractivity contribution is 0.492. The van der Waals surface area contributed by atoms with Gasteiger partial charge in [0.2, 0.25) is 0 Å². The van der Waals surface area contributed by atoms with E-state index in [1.807, 2.05) is 47.0 Å². The molecule has 0 aromatic heterocycles. The zero-order valence-electron chi connectivity index (χ0n) is 22.2. The van der Waals surface area contributed by atoms with Gasteiger partial charge >= 0.3 is 0 Å². The third-order valence-corrected chi connectivity index (χ3v) is 11.9. The van der Waals surface area contributed by atoms with Crippen LogP contribution in [0.3, 0.4) is 0 Å². The van der Waals surface area contributed by atoms with Crippen molar-refractivity contribution in [3.05, 3.63) is 155 Å². The van der Waals surface area contributed by atoms with Gasteiger partial charge in [0.25, 0.3) is 0 Å². The second-order valence-electron chi connectivity index (χ2n) is 9.05. The molecule has 38 heavy (non-hydrogen) atoms. The highest BCUT2D eigenvalue weighted by Crippen LogP contribution is 2.77. The fraction of sp³-hybridized carbons (Fsp3) is 0.176. The van der Waals surface area contributed by atoms with E-state index in [-0.39, 0.29) is 9.49 Å². The summed E-state index contributed by atoms with van der Waals surface area (Å²) in [7, 11) is 0. The van der Waals surface area contributed by atoms with Crippen molar-refractivity contribution in [2.24, 2.45) is 0 Å². The van der Waals surface area contributed by atoms with Crippen LogP contribution in [-0.2, 0) is 9.49 Å². The first-order valence-electron chi connectivity index (χ1n) is 12.6. The summed E-state index contributed by atoms with van der Waals surface area (Å²) in [6.45, 7) is 0. The summed E-state index contributed by atoms with van der Waals surface area (Å²) >= 11 is 7.68. The second-order valence-corrected chi connectivity index (χ2v) is 12.7. The van der Waals surface area contributed by atoms with Crippen LogP contribution in [0.4, 0.5) is 0 Å². The second kappa shape index (κ2) is 11.9. The quantitative estimate of drug-likeness (QED) is 0.207. The molecule has 0 saturated heterocycles. The fourth-order valence-corrected chi connectivity index (χ4v) is 10.7. The Morgan fingerprint density at radius 2 is 0.711 bits per heavy atom. The minimum atomic E-state index is -0.283. The zero-order valence-corrected chi connectivity index (χ0v) is 25.4. The van der Waals surface area contributed by atoms with Crippen LogP contribution >= 0.6 is 47.0 Å². The minimum absolute atomic E-state index is 0.283. The van der Waals surface area contributed by atoms with Crippen molar-refractivity contribution in [3.8, 4) is 0 Å². The Balaban J connectivity index is 2.01. The maximum Gasteiger partial charge on any atom is 0.0898 e. The Bertz CT molecular complexity index is 1320. The largest absolute Gasteiger partial charge is 0.147 e. The number of hydrogen-bond donors (Lipinski definition) is 0. The van der Waals surface area contributed by atoms with Crippen molar-refractivity contribution in [1.29, 1.82) is 0 Å². The van der Waals surface area contributed by atoms with Crippen molar-refractivity contribution in [2.75, 3.05) is 25.0 Å². The van der Waals surface area contributed by atoms with Crippen molar-refractivity contribution < 1.29 is 0 Å². The molecule has 5 rings (SSSR count). The molecule has 0 aliphatic heterocycles. The average Bonchev–Trinajstić information content (AvgIpc) is 2.99. The van der Waals surface area contributed by atoms with E-state index in [1.165, 1.54) is 43.2 Å². The Labute approximate surface area is 244 Å². The summed E-state index contributed by atoms with van der Waals surface area (Å²) in [5.41, 5.74) is 8.11. The summed E-state index contributed by atoms with van der Waals surface area (Å²) in [6.07, 6.45) is 9.04. The van der Waals surface area contributed by atoms with Crippen molar-refractivity contribution in [2.45, 2.75) is 9.49 Å². The fourth-order valence-electron chi connectivity index (χ4n) is 5.86. The molecule has 0 N–H and O–H groups in total. The van der Waals surface area contributed by atoms with Crippen LogP contribution in [-0.4, -0.2) is 25.0 Å². The van der Waals surface area contributed by atoms with E-state index in [0.29, 0.717) is 0 Å². The molecular formula is C34H32S4. The molecule has 192 valence electrons. The van der Waals surface area contributed by atoms with Gasteiger partial charge in [0.05, 0.1) is 9.49 Å². The van der Waals surface area contributed by atoms with Gasteiger partial charge in [0.1, 0.15) is 0 Å². The molecule has 2 atom stereocenters. The summed E-state index contributed by atoms with van der Waals surface area (Å²) in [5, 5.41) is 0. The smallest absolute Gasteiger partial charge is 0.0898 e. The Hall–Kier alpha value is -2.24. The molecule has 1 fully saturated rings. The van der Waals surface area contributed by atoms with E-state index in [2.05, 4.69) is 146 Å². The van der Waals surface area contributed by atoms with Gasteiger partial charge < -0.3 is 0 Å². The van der Waals surface area contributed by atoms with Crippen LogP contribution in [0.2, 0.25) is 0 Å². The maximum atomic E-state index is 2.32. The van der Waals surface area contributed by atoms with Crippen LogP contribution < -0.4 is 0 Å². The number of thioether (sulfide) groups is 4. The summed E-state index contributed by atoms with van der Waals surface area (Å²) in [6, 6.07) is 44.2. The van der Waals surface area contributed by atoms with E-state index < -0.39 is 0 Å². The first kappa shape index (κ1) is 27.3. The molecule has 0 bridgehead atoms. The van der Waals surface area contributed by atoms with Gasteiger partial charge in [0.15, 0.2) is 0 Å². The molecule has 0 unspecified atom stereocenters. The monoisotopic (exact) mass is 568 g/mol. The normalized spacial score (nSPS) is 23.5. The standard InChI is InChI=1S/C34H32S4/c1-35-31(25-17-9-5-10-18-25)29-30(32(36-2)26-19-11-6-12-20-26)34(38-4,28-23-15-8-16-24-28)33(29,37-3)27-21-13-7-14-22-27/h5-24H,1-4H3/b31-29-,32-30-/t33-,34-/m1/s1. The van der Waals surface area contributed by atoms with E-state index in [9.17, 15) is 0 Å². The van der Waals surface area contributed by atoms with E-state index >= 15 is 0 Å². The van der Waals surface area contributed by atoms with Crippen LogP contribution in [0.1, 0.15) is 22.3 Å². The van der Waals surface area contributed by atoms with E-state index in [1.54, 1.807) is 0 Å². The summed E-state index contributed by atoms with van der Waals surface area (Å²) in [5.74, 6) is 0. The van der Waals surface area contributed by atoms with Crippen LogP contribution in [0.25, 0.3) is 9.81 Å². The Morgan fingerprint density at radius 3 is 0.974 bits per heavy atom. The summed E-state index contributed by atoms with van der Waals surface area (Å²) < 4.78 is -0.567. The lowest BCUT2D eigenvalue weighted by Crippen LogP contribution is -2.58. The van der Waals surface area contributed by atoms with Gasteiger partial charge in [-0.2, -0.15) is 0 Å². The maximum absolute atomic E-state index is 2.32. The molecule has 1 saturated carbocycles. The topological polar surface area (TPSA) is 0 Å². The molecule has 0 heterocycles. The number of benzene rings is 4. The van der Waals surface area contributed by atoms with Gasteiger partial charge in [-0.15, -0.1) is 47.0 Å². The number of rotatable bonds is 8.